The topological polar surface area (TPSA) is 47.6 Å². The van der Waals surface area contributed by atoms with Crippen LogP contribution in [0.15, 0.2) is 54.6 Å². The molecule has 4 rings (SSSR count). The van der Waals surface area contributed by atoms with E-state index in [2.05, 4.69) is 17.4 Å². The maximum Gasteiger partial charge on any atom is 0.338 e. The zero-order valence-corrected chi connectivity index (χ0v) is 12.1. The molecule has 1 saturated heterocycles. The van der Waals surface area contributed by atoms with Crippen molar-refractivity contribution in [3.05, 3.63) is 65.7 Å². The molecule has 2 aliphatic rings. The number of esters is 1. The summed E-state index contributed by atoms with van der Waals surface area (Å²) in [5.41, 5.74) is 3.02. The predicted molar refractivity (Wildman–Crippen MR) is 82.8 cm³/mol. The molecule has 0 saturated carbocycles. The predicted octanol–water partition coefficient (Wildman–Crippen LogP) is 3.17. The van der Waals surface area contributed by atoms with E-state index in [1.165, 1.54) is 5.56 Å². The summed E-state index contributed by atoms with van der Waals surface area (Å²) in [5, 5.41) is 3.38. The Morgan fingerprint density at radius 3 is 2.77 bits per heavy atom. The fourth-order valence-corrected chi connectivity index (χ4v) is 3.23. The highest BCUT2D eigenvalue weighted by Gasteiger charge is 2.41. The highest BCUT2D eigenvalue weighted by Crippen LogP contribution is 2.44. The van der Waals surface area contributed by atoms with E-state index in [1.807, 2.05) is 30.3 Å². The summed E-state index contributed by atoms with van der Waals surface area (Å²) in [6.45, 7) is 0.296. The van der Waals surface area contributed by atoms with Crippen molar-refractivity contribution in [3.8, 4) is 0 Å². The lowest BCUT2D eigenvalue weighted by Crippen LogP contribution is -2.22. The summed E-state index contributed by atoms with van der Waals surface area (Å²) >= 11 is 0. The maximum absolute atomic E-state index is 12.0. The molecule has 0 aromatic heterocycles. The van der Waals surface area contributed by atoms with Crippen molar-refractivity contribution in [3.63, 3.8) is 0 Å². The van der Waals surface area contributed by atoms with E-state index >= 15 is 0 Å². The molecule has 2 heterocycles. The average Bonchev–Trinajstić information content (AvgIpc) is 3.10. The number of ether oxygens (including phenoxy) is 2. The molecule has 3 unspecified atom stereocenters. The molecule has 2 aromatic rings. The number of benzene rings is 2. The molecule has 0 spiro atoms. The normalized spacial score (nSPS) is 25.2. The molecule has 0 radical (unpaired) electrons. The highest BCUT2D eigenvalue weighted by molar-refractivity contribution is 5.89. The molecule has 1 fully saturated rings. The first-order valence-electron chi connectivity index (χ1n) is 7.54. The van der Waals surface area contributed by atoms with E-state index < -0.39 is 0 Å². The van der Waals surface area contributed by atoms with Gasteiger partial charge in [-0.15, -0.1) is 0 Å². The summed E-state index contributed by atoms with van der Waals surface area (Å²) in [4.78, 5) is 12.0. The first-order chi connectivity index (χ1) is 10.8. The van der Waals surface area contributed by atoms with Crippen molar-refractivity contribution in [1.29, 1.82) is 0 Å². The SMILES string of the molecule is O=C(OCC1CC2c3ccccc3NC2O1)c1ccccc1. The van der Waals surface area contributed by atoms with Crippen molar-refractivity contribution in [1.82, 2.24) is 0 Å². The van der Waals surface area contributed by atoms with E-state index in [0.29, 0.717) is 18.1 Å². The zero-order valence-electron chi connectivity index (χ0n) is 12.1. The molecule has 112 valence electrons. The molecule has 0 aliphatic carbocycles. The van der Waals surface area contributed by atoms with E-state index in [-0.39, 0.29) is 18.3 Å². The monoisotopic (exact) mass is 295 g/mol. The molecular weight excluding hydrogens is 278 g/mol. The van der Waals surface area contributed by atoms with Gasteiger partial charge in [0, 0.05) is 11.6 Å². The van der Waals surface area contributed by atoms with Crippen molar-refractivity contribution in [2.45, 2.75) is 24.7 Å². The molecule has 4 heteroatoms. The van der Waals surface area contributed by atoms with Crippen LogP contribution in [0, 0.1) is 0 Å². The van der Waals surface area contributed by atoms with Gasteiger partial charge in [0.1, 0.15) is 12.8 Å². The smallest absolute Gasteiger partial charge is 0.338 e. The first-order valence-corrected chi connectivity index (χ1v) is 7.54. The number of nitrogens with one attached hydrogen (secondary N) is 1. The summed E-state index contributed by atoms with van der Waals surface area (Å²) < 4.78 is 11.3. The van der Waals surface area contributed by atoms with E-state index in [0.717, 1.165) is 12.1 Å². The number of fused-ring (bicyclic) bond motifs is 3. The Morgan fingerprint density at radius 2 is 1.91 bits per heavy atom. The standard InChI is InChI=1S/C18H17NO3/c20-18(12-6-2-1-3-7-12)21-11-13-10-15-14-8-4-5-9-16(14)19-17(15)22-13/h1-9,13,15,17,19H,10-11H2. The minimum absolute atomic E-state index is 0.00201. The van der Waals surface area contributed by atoms with Crippen LogP contribution < -0.4 is 5.32 Å². The van der Waals surface area contributed by atoms with Crippen LogP contribution in [0.25, 0.3) is 0 Å². The van der Waals surface area contributed by atoms with Crippen LogP contribution in [-0.4, -0.2) is 24.9 Å². The Balaban J connectivity index is 1.36. The number of para-hydroxylation sites is 1. The van der Waals surface area contributed by atoms with E-state index in [9.17, 15) is 4.79 Å². The van der Waals surface area contributed by atoms with Crippen molar-refractivity contribution >= 4 is 11.7 Å². The van der Waals surface area contributed by atoms with Gasteiger partial charge in [0.2, 0.25) is 0 Å². The lowest BCUT2D eigenvalue weighted by Gasteiger charge is -2.14. The van der Waals surface area contributed by atoms with Gasteiger partial charge >= 0.3 is 5.97 Å². The minimum Gasteiger partial charge on any atom is -0.459 e. The lowest BCUT2D eigenvalue weighted by atomic mass is 9.96. The average molecular weight is 295 g/mol. The summed E-state index contributed by atoms with van der Waals surface area (Å²) in [6, 6.07) is 17.3. The van der Waals surface area contributed by atoms with Gasteiger partial charge < -0.3 is 14.8 Å². The zero-order chi connectivity index (χ0) is 14.9. The van der Waals surface area contributed by atoms with Crippen LogP contribution in [0.3, 0.4) is 0 Å². The third-order valence-corrected chi connectivity index (χ3v) is 4.29. The Hall–Kier alpha value is -2.33. The Labute approximate surface area is 129 Å². The fourth-order valence-electron chi connectivity index (χ4n) is 3.23. The Bertz CT molecular complexity index is 686. The van der Waals surface area contributed by atoms with E-state index in [1.54, 1.807) is 12.1 Å². The van der Waals surface area contributed by atoms with Crippen LogP contribution in [0.5, 0.6) is 0 Å². The number of hydrogen-bond donors (Lipinski definition) is 1. The molecule has 22 heavy (non-hydrogen) atoms. The number of rotatable bonds is 3. The molecular formula is C18H17NO3. The van der Waals surface area contributed by atoms with Gasteiger partial charge in [0.05, 0.1) is 11.7 Å². The molecule has 0 bridgehead atoms. The molecule has 1 N–H and O–H groups in total. The number of anilines is 1. The minimum atomic E-state index is -0.297. The molecule has 2 aromatic carbocycles. The van der Waals surface area contributed by atoms with Gasteiger partial charge in [-0.1, -0.05) is 36.4 Å². The van der Waals surface area contributed by atoms with Crippen LogP contribution in [0.2, 0.25) is 0 Å². The van der Waals surface area contributed by atoms with Gasteiger partial charge in [-0.2, -0.15) is 0 Å². The van der Waals surface area contributed by atoms with Gasteiger partial charge in [0.25, 0.3) is 0 Å². The summed E-state index contributed by atoms with van der Waals surface area (Å²) in [6.07, 6.45) is 0.817. The number of hydrogen-bond acceptors (Lipinski definition) is 4. The summed E-state index contributed by atoms with van der Waals surface area (Å²) in [7, 11) is 0. The fraction of sp³-hybridized carbons (Fsp3) is 0.278. The molecule has 3 atom stereocenters. The second-order valence-corrected chi connectivity index (χ2v) is 5.72. The quantitative estimate of drug-likeness (QED) is 0.884. The second kappa shape index (κ2) is 5.46. The maximum atomic E-state index is 12.0. The number of carbonyl (C=O) groups excluding carboxylic acids is 1. The molecule has 0 amide bonds. The Kier molecular flexibility index (Phi) is 3.31. The molecule has 2 aliphatic heterocycles. The Morgan fingerprint density at radius 1 is 1.14 bits per heavy atom. The van der Waals surface area contributed by atoms with Crippen molar-refractivity contribution in [2.75, 3.05) is 11.9 Å². The van der Waals surface area contributed by atoms with Crippen LogP contribution in [-0.2, 0) is 9.47 Å². The highest BCUT2D eigenvalue weighted by atomic mass is 16.6. The van der Waals surface area contributed by atoms with Gasteiger partial charge in [-0.05, 0) is 30.2 Å². The summed E-state index contributed by atoms with van der Waals surface area (Å²) in [5.74, 6) is 0.0475. The van der Waals surface area contributed by atoms with E-state index in [4.69, 9.17) is 9.47 Å². The van der Waals surface area contributed by atoms with Crippen LogP contribution >= 0.6 is 0 Å². The van der Waals surface area contributed by atoms with Crippen LogP contribution in [0.4, 0.5) is 5.69 Å². The third-order valence-electron chi connectivity index (χ3n) is 4.29. The van der Waals surface area contributed by atoms with Gasteiger partial charge in [-0.25, -0.2) is 4.79 Å². The van der Waals surface area contributed by atoms with Crippen molar-refractivity contribution in [2.24, 2.45) is 0 Å². The van der Waals surface area contributed by atoms with Crippen molar-refractivity contribution < 1.29 is 14.3 Å². The van der Waals surface area contributed by atoms with Crippen LogP contribution in [0.1, 0.15) is 28.3 Å². The van der Waals surface area contributed by atoms with Gasteiger partial charge in [0.15, 0.2) is 0 Å². The largest absolute Gasteiger partial charge is 0.459 e. The third kappa shape index (κ3) is 2.35. The second-order valence-electron chi connectivity index (χ2n) is 5.72. The number of carbonyl (C=O) groups is 1. The molecule has 4 nitrogen and oxygen atoms in total. The first kappa shape index (κ1) is 13.3. The van der Waals surface area contributed by atoms with Gasteiger partial charge in [-0.3, -0.25) is 0 Å². The lowest BCUT2D eigenvalue weighted by molar-refractivity contribution is -0.000573.